The number of fused-ring (bicyclic) bond motifs is 1. The molecule has 3 N–H and O–H groups in total. The van der Waals surface area contributed by atoms with Gasteiger partial charge in [0.25, 0.3) is 0 Å². The maximum Gasteiger partial charge on any atom is 0.310 e. The van der Waals surface area contributed by atoms with Crippen molar-refractivity contribution in [1.82, 2.24) is 19.8 Å². The van der Waals surface area contributed by atoms with Crippen LogP contribution >= 0.6 is 0 Å². The highest BCUT2D eigenvalue weighted by Crippen LogP contribution is 2.24. The molecule has 138 valence electrons. The molecule has 9 heteroatoms. The number of nitrogens with zero attached hydrogens (tertiary/aromatic N) is 3. The van der Waals surface area contributed by atoms with E-state index in [1.807, 2.05) is 24.3 Å². The van der Waals surface area contributed by atoms with Gasteiger partial charge >= 0.3 is 5.97 Å². The van der Waals surface area contributed by atoms with Crippen molar-refractivity contribution in [3.8, 4) is 17.1 Å². The summed E-state index contributed by atoms with van der Waals surface area (Å²) in [7, 11) is 0. The van der Waals surface area contributed by atoms with Crippen LogP contribution in [-0.2, 0) is 14.3 Å². The average Bonchev–Trinajstić information content (AvgIpc) is 3.14. The molecule has 2 heterocycles. The molecule has 3 aromatic rings. The Balaban J connectivity index is 1.54. The number of aromatic hydroxyl groups is 1. The zero-order chi connectivity index (χ0) is 18.7. The van der Waals surface area contributed by atoms with Crippen LogP contribution < -0.4 is 5.32 Å². The lowest BCUT2D eigenvalue weighted by Gasteiger charge is -2.09. The van der Waals surface area contributed by atoms with Crippen molar-refractivity contribution in [2.24, 2.45) is 5.92 Å². The largest absolute Gasteiger partial charge is 0.503 e. The van der Waals surface area contributed by atoms with E-state index in [9.17, 15) is 9.90 Å². The molecule has 0 saturated carbocycles. The normalized spacial score (nSPS) is 11.2. The number of nitrogens with one attached hydrogen (secondary N) is 2. The Bertz CT molecular complexity index is 898. The minimum absolute atomic E-state index is 0.0876. The first-order chi connectivity index (χ1) is 12.5. The van der Waals surface area contributed by atoms with E-state index in [-0.39, 0.29) is 31.2 Å². The number of rotatable bonds is 7. The van der Waals surface area contributed by atoms with Gasteiger partial charge in [-0.1, -0.05) is 13.8 Å². The van der Waals surface area contributed by atoms with Crippen molar-refractivity contribution in [3.63, 3.8) is 0 Å². The van der Waals surface area contributed by atoms with Crippen LogP contribution in [0.1, 0.15) is 19.5 Å². The summed E-state index contributed by atoms with van der Waals surface area (Å²) in [5, 5.41) is 20.2. The lowest BCUT2D eigenvalue weighted by atomic mass is 10.2. The predicted molar refractivity (Wildman–Crippen MR) is 94.5 cm³/mol. The first-order valence-electron chi connectivity index (χ1n) is 8.18. The Hall–Kier alpha value is -3.07. The molecule has 0 fully saturated rings. The number of H-pyrrole nitrogens is 1. The zero-order valence-electron chi connectivity index (χ0n) is 14.8. The monoisotopic (exact) mass is 359 g/mol. The standard InChI is InChI=1S/C17H21N5O4/c1-10(2)17(24)26-9-25-8-18-13-6-4-12(5-7-13)15-19-16-14(23)11(3)20-22(16)21-15/h4-7,10,18,20,23H,8-9H2,1-3H3. The molecular formula is C17H21N5O4. The van der Waals surface area contributed by atoms with E-state index in [0.717, 1.165) is 11.3 Å². The second kappa shape index (κ2) is 7.44. The van der Waals surface area contributed by atoms with E-state index in [1.165, 1.54) is 4.63 Å². The molecule has 1 aromatic carbocycles. The van der Waals surface area contributed by atoms with Crippen LogP contribution in [0, 0.1) is 12.8 Å². The molecule has 0 aliphatic heterocycles. The quantitative estimate of drug-likeness (QED) is 0.337. The van der Waals surface area contributed by atoms with Crippen molar-refractivity contribution in [1.29, 1.82) is 0 Å². The van der Waals surface area contributed by atoms with Crippen molar-refractivity contribution in [2.75, 3.05) is 18.8 Å². The molecule has 9 nitrogen and oxygen atoms in total. The van der Waals surface area contributed by atoms with Crippen LogP contribution in [0.15, 0.2) is 24.3 Å². The highest BCUT2D eigenvalue weighted by molar-refractivity contribution is 5.71. The highest BCUT2D eigenvalue weighted by atomic mass is 16.7. The van der Waals surface area contributed by atoms with E-state index < -0.39 is 0 Å². The number of hydrogen-bond acceptors (Lipinski definition) is 7. The summed E-state index contributed by atoms with van der Waals surface area (Å²) in [4.78, 5) is 15.6. The van der Waals surface area contributed by atoms with Crippen molar-refractivity contribution < 1.29 is 19.4 Å². The number of hydrogen-bond donors (Lipinski definition) is 3. The Morgan fingerprint density at radius 1 is 1.35 bits per heavy atom. The fourth-order valence-electron chi connectivity index (χ4n) is 2.22. The molecule has 3 rings (SSSR count). The van der Waals surface area contributed by atoms with E-state index in [1.54, 1.807) is 20.8 Å². The summed E-state index contributed by atoms with van der Waals surface area (Å²) in [6.45, 7) is 5.40. The molecular weight excluding hydrogens is 338 g/mol. The number of ether oxygens (including phenoxy) is 2. The Labute approximate surface area is 149 Å². The van der Waals surface area contributed by atoms with Gasteiger partial charge in [0.05, 0.1) is 11.6 Å². The molecule has 0 saturated heterocycles. The van der Waals surface area contributed by atoms with Gasteiger partial charge in [0, 0.05) is 11.3 Å². The Morgan fingerprint density at radius 2 is 2.08 bits per heavy atom. The molecule has 0 spiro atoms. The van der Waals surface area contributed by atoms with E-state index in [4.69, 9.17) is 9.47 Å². The molecule has 0 bridgehead atoms. The number of carbonyl (C=O) groups is 1. The van der Waals surface area contributed by atoms with Crippen LogP contribution in [0.2, 0.25) is 0 Å². The maximum atomic E-state index is 11.3. The first-order valence-corrected chi connectivity index (χ1v) is 8.18. The van der Waals surface area contributed by atoms with Crippen molar-refractivity contribution >= 4 is 17.3 Å². The Morgan fingerprint density at radius 3 is 2.73 bits per heavy atom. The molecule has 0 amide bonds. The molecule has 0 atom stereocenters. The van der Waals surface area contributed by atoms with Gasteiger partial charge in [-0.15, -0.1) is 9.73 Å². The summed E-state index contributed by atoms with van der Waals surface area (Å²) >= 11 is 0. The number of anilines is 1. The van der Waals surface area contributed by atoms with Crippen molar-refractivity contribution in [3.05, 3.63) is 30.0 Å². The minimum atomic E-state index is -0.292. The number of aryl methyl sites for hydroxylation is 1. The van der Waals surface area contributed by atoms with Gasteiger partial charge in [0.15, 0.2) is 18.4 Å². The van der Waals surface area contributed by atoms with Crippen LogP contribution in [0.25, 0.3) is 17.0 Å². The fraction of sp³-hybridized carbons (Fsp3) is 0.353. The average molecular weight is 359 g/mol. The van der Waals surface area contributed by atoms with E-state index in [0.29, 0.717) is 17.2 Å². The number of aromatic nitrogens is 4. The Kier molecular flexibility index (Phi) is 5.08. The first kappa shape index (κ1) is 17.7. The van der Waals surface area contributed by atoms with E-state index in [2.05, 4.69) is 20.5 Å². The zero-order valence-corrected chi connectivity index (χ0v) is 14.8. The second-order valence-electron chi connectivity index (χ2n) is 6.09. The fourth-order valence-corrected chi connectivity index (χ4v) is 2.22. The van der Waals surface area contributed by atoms with Gasteiger partial charge in [-0.3, -0.25) is 9.89 Å². The summed E-state index contributed by atoms with van der Waals surface area (Å²) < 4.78 is 11.6. The van der Waals surface area contributed by atoms with Crippen molar-refractivity contribution in [2.45, 2.75) is 20.8 Å². The smallest absolute Gasteiger partial charge is 0.310 e. The second-order valence-corrected chi connectivity index (χ2v) is 6.09. The lowest BCUT2D eigenvalue weighted by Crippen LogP contribution is -2.16. The van der Waals surface area contributed by atoms with Crippen LogP contribution in [-0.4, -0.2) is 44.4 Å². The van der Waals surface area contributed by atoms with Gasteiger partial charge in [0.1, 0.15) is 6.73 Å². The van der Waals surface area contributed by atoms with E-state index >= 15 is 0 Å². The number of esters is 1. The highest BCUT2D eigenvalue weighted by Gasteiger charge is 2.13. The van der Waals surface area contributed by atoms with Gasteiger partial charge < -0.3 is 19.9 Å². The third-order valence-corrected chi connectivity index (χ3v) is 3.73. The molecule has 0 aliphatic carbocycles. The van der Waals surface area contributed by atoms with Crippen LogP contribution in [0.5, 0.6) is 5.75 Å². The van der Waals surface area contributed by atoms with Gasteiger partial charge in [0.2, 0.25) is 5.65 Å². The predicted octanol–water partition coefficient (Wildman–Crippen LogP) is 2.28. The SMILES string of the molecule is Cc1[nH]n2nc(-c3ccc(NCOCOC(=O)C(C)C)cc3)nc2c1O. The third-order valence-electron chi connectivity index (χ3n) is 3.73. The topological polar surface area (TPSA) is 114 Å². The molecule has 0 unspecified atom stereocenters. The van der Waals surface area contributed by atoms with Crippen LogP contribution in [0.3, 0.4) is 0 Å². The number of benzene rings is 1. The van der Waals surface area contributed by atoms with Gasteiger partial charge in [-0.05, 0) is 31.2 Å². The number of carbonyl (C=O) groups excluding carboxylic acids is 1. The molecule has 2 aromatic heterocycles. The summed E-state index contributed by atoms with van der Waals surface area (Å²) in [5.41, 5.74) is 2.66. The summed E-state index contributed by atoms with van der Waals surface area (Å²) in [5.74, 6) is 0.139. The molecule has 0 aliphatic rings. The molecule has 26 heavy (non-hydrogen) atoms. The number of aromatic amines is 1. The third kappa shape index (κ3) is 3.77. The van der Waals surface area contributed by atoms with Gasteiger partial charge in [-0.25, -0.2) is 4.98 Å². The lowest BCUT2D eigenvalue weighted by molar-refractivity contribution is -0.159. The summed E-state index contributed by atoms with van der Waals surface area (Å²) in [6, 6.07) is 7.44. The minimum Gasteiger partial charge on any atom is -0.503 e. The maximum absolute atomic E-state index is 11.3. The summed E-state index contributed by atoms with van der Waals surface area (Å²) in [6.07, 6.45) is 0. The van der Waals surface area contributed by atoms with Gasteiger partial charge in [-0.2, -0.15) is 0 Å². The molecule has 0 radical (unpaired) electrons. The van der Waals surface area contributed by atoms with Crippen LogP contribution in [0.4, 0.5) is 5.69 Å².